The molecule has 1 rings (SSSR count). The molecule has 5 heteroatoms. The van der Waals surface area contributed by atoms with Crippen molar-refractivity contribution >= 4 is 21.8 Å². The number of nitriles is 1. The zero-order valence-corrected chi connectivity index (χ0v) is 14.6. The highest BCUT2D eigenvalue weighted by molar-refractivity contribution is 9.10. The summed E-state index contributed by atoms with van der Waals surface area (Å²) in [6.07, 6.45) is 0. The number of nitrogens with zero attached hydrogens (tertiary/aromatic N) is 1. The van der Waals surface area contributed by atoms with Gasteiger partial charge < -0.3 is 10.2 Å². The predicted molar refractivity (Wildman–Crippen MR) is 86.6 cm³/mol. The van der Waals surface area contributed by atoms with Gasteiger partial charge in [0.05, 0.1) is 13.1 Å². The van der Waals surface area contributed by atoms with Gasteiger partial charge in [0.25, 0.3) is 5.91 Å². The minimum atomic E-state index is -0.811. The minimum Gasteiger partial charge on any atom is -0.333 e. The molecule has 0 aliphatic carbocycles. The Labute approximate surface area is 135 Å². The van der Waals surface area contributed by atoms with E-state index in [0.717, 1.165) is 15.9 Å². The lowest BCUT2D eigenvalue weighted by Gasteiger charge is -2.27. The molecule has 0 saturated carbocycles. The van der Waals surface area contributed by atoms with Crippen LogP contribution in [-0.4, -0.2) is 25.0 Å². The Kier molecular flexibility index (Phi) is 6.38. The monoisotopic (exact) mass is 352 g/mol. The van der Waals surface area contributed by atoms with E-state index in [-0.39, 0.29) is 11.8 Å². The molecule has 1 aromatic rings. The third-order valence-corrected chi connectivity index (χ3v) is 4.20. The van der Waals surface area contributed by atoms with Crippen LogP contribution in [0.25, 0.3) is 0 Å². The molecule has 2 N–H and O–H groups in total. The van der Waals surface area contributed by atoms with Crippen molar-refractivity contribution in [3.05, 3.63) is 34.3 Å². The first-order valence-corrected chi connectivity index (χ1v) is 7.84. The van der Waals surface area contributed by atoms with E-state index in [0.29, 0.717) is 6.54 Å². The lowest BCUT2D eigenvalue weighted by atomic mass is 9.90. The van der Waals surface area contributed by atoms with Crippen molar-refractivity contribution in [1.29, 1.82) is 5.26 Å². The van der Waals surface area contributed by atoms with E-state index in [4.69, 9.17) is 0 Å². The summed E-state index contributed by atoms with van der Waals surface area (Å²) in [5.41, 5.74) is 0.366. The standard InChI is InChI=1S/C16H22BrN3O/c1-12(2)16(3,11-18)19-15(21)10-20(4)9-13-5-7-14(17)8-6-13/h5-8,12H,9-10H2,1-4H3,(H,19,21)/p+1/t16-/m1/s1. The summed E-state index contributed by atoms with van der Waals surface area (Å²) in [7, 11) is 1.97. The summed E-state index contributed by atoms with van der Waals surface area (Å²) in [5.74, 6) is -0.0272. The smallest absolute Gasteiger partial charge is 0.276 e. The van der Waals surface area contributed by atoms with Crippen LogP contribution in [0.1, 0.15) is 26.3 Å². The van der Waals surface area contributed by atoms with Crippen LogP contribution in [0.3, 0.4) is 0 Å². The van der Waals surface area contributed by atoms with Crippen molar-refractivity contribution in [2.45, 2.75) is 32.9 Å². The maximum atomic E-state index is 12.1. The van der Waals surface area contributed by atoms with Gasteiger partial charge in [-0.1, -0.05) is 41.9 Å². The molecule has 4 nitrogen and oxygen atoms in total. The molecular weight excluding hydrogens is 330 g/mol. The number of carbonyl (C=O) groups is 1. The Hall–Kier alpha value is -1.38. The lowest BCUT2D eigenvalue weighted by molar-refractivity contribution is -0.885. The van der Waals surface area contributed by atoms with E-state index in [1.54, 1.807) is 6.92 Å². The number of quaternary nitrogens is 1. The molecule has 0 radical (unpaired) electrons. The van der Waals surface area contributed by atoms with E-state index in [2.05, 4.69) is 27.3 Å². The molecule has 0 aliphatic heterocycles. The first kappa shape index (κ1) is 17.7. The number of hydrogen-bond acceptors (Lipinski definition) is 2. The van der Waals surface area contributed by atoms with Crippen molar-refractivity contribution in [3.8, 4) is 6.07 Å². The fourth-order valence-corrected chi connectivity index (χ4v) is 2.19. The number of halogens is 1. The van der Waals surface area contributed by atoms with Crippen molar-refractivity contribution < 1.29 is 9.69 Å². The van der Waals surface area contributed by atoms with Crippen LogP contribution in [0, 0.1) is 17.2 Å². The maximum Gasteiger partial charge on any atom is 0.276 e. The van der Waals surface area contributed by atoms with Gasteiger partial charge in [-0.15, -0.1) is 0 Å². The van der Waals surface area contributed by atoms with Gasteiger partial charge >= 0.3 is 0 Å². The van der Waals surface area contributed by atoms with Gasteiger partial charge in [-0.3, -0.25) is 4.79 Å². The Bertz CT molecular complexity index is 521. The third kappa shape index (κ3) is 5.49. The molecule has 0 bridgehead atoms. The van der Waals surface area contributed by atoms with Crippen molar-refractivity contribution in [2.75, 3.05) is 13.6 Å². The Morgan fingerprint density at radius 2 is 2.00 bits per heavy atom. The van der Waals surface area contributed by atoms with Gasteiger partial charge in [0, 0.05) is 10.0 Å². The van der Waals surface area contributed by atoms with Crippen LogP contribution in [0.2, 0.25) is 0 Å². The summed E-state index contributed by atoms with van der Waals surface area (Å²) >= 11 is 3.40. The Morgan fingerprint density at radius 1 is 1.43 bits per heavy atom. The summed E-state index contributed by atoms with van der Waals surface area (Å²) in [6, 6.07) is 10.3. The zero-order valence-electron chi connectivity index (χ0n) is 13.0. The van der Waals surface area contributed by atoms with E-state index in [9.17, 15) is 10.1 Å². The van der Waals surface area contributed by atoms with E-state index in [1.165, 1.54) is 5.56 Å². The average Bonchev–Trinajstić information content (AvgIpc) is 2.40. The van der Waals surface area contributed by atoms with Gasteiger partial charge in [-0.25, -0.2) is 0 Å². The molecule has 1 aromatic carbocycles. The Balaban J connectivity index is 2.55. The Morgan fingerprint density at radius 3 is 2.48 bits per heavy atom. The summed E-state index contributed by atoms with van der Waals surface area (Å²) in [4.78, 5) is 13.2. The second-order valence-corrected chi connectivity index (χ2v) is 6.87. The molecule has 21 heavy (non-hydrogen) atoms. The number of rotatable bonds is 6. The number of hydrogen-bond donors (Lipinski definition) is 2. The topological polar surface area (TPSA) is 57.3 Å². The third-order valence-electron chi connectivity index (χ3n) is 3.67. The van der Waals surface area contributed by atoms with Gasteiger partial charge in [0.1, 0.15) is 12.1 Å². The zero-order chi connectivity index (χ0) is 16.0. The van der Waals surface area contributed by atoms with Gasteiger partial charge in [0.2, 0.25) is 0 Å². The first-order valence-electron chi connectivity index (χ1n) is 7.05. The van der Waals surface area contributed by atoms with Crippen molar-refractivity contribution in [3.63, 3.8) is 0 Å². The van der Waals surface area contributed by atoms with Crippen LogP contribution in [-0.2, 0) is 11.3 Å². The number of benzene rings is 1. The molecule has 0 fully saturated rings. The van der Waals surface area contributed by atoms with Crippen molar-refractivity contribution in [1.82, 2.24) is 5.32 Å². The van der Waals surface area contributed by atoms with Crippen LogP contribution < -0.4 is 10.2 Å². The van der Waals surface area contributed by atoms with Gasteiger partial charge in [-0.2, -0.15) is 5.26 Å². The largest absolute Gasteiger partial charge is 0.333 e. The molecule has 0 spiro atoms. The summed E-state index contributed by atoms with van der Waals surface area (Å²) in [5, 5.41) is 12.1. The second-order valence-electron chi connectivity index (χ2n) is 5.95. The first-order chi connectivity index (χ1) is 9.76. The van der Waals surface area contributed by atoms with Gasteiger partial charge in [-0.05, 0) is 25.0 Å². The highest BCUT2D eigenvalue weighted by Gasteiger charge is 2.30. The molecule has 0 aliphatic rings. The van der Waals surface area contributed by atoms with E-state index >= 15 is 0 Å². The highest BCUT2D eigenvalue weighted by atomic mass is 79.9. The lowest BCUT2D eigenvalue weighted by Crippen LogP contribution is -3.09. The molecule has 114 valence electrons. The molecular formula is C16H23BrN3O+. The molecule has 0 saturated heterocycles. The maximum absolute atomic E-state index is 12.1. The second kappa shape index (κ2) is 7.58. The van der Waals surface area contributed by atoms with Crippen LogP contribution in [0.5, 0.6) is 0 Å². The number of carbonyl (C=O) groups excluding carboxylic acids is 1. The molecule has 1 amide bonds. The van der Waals surface area contributed by atoms with E-state index < -0.39 is 5.54 Å². The van der Waals surface area contributed by atoms with Crippen LogP contribution >= 0.6 is 15.9 Å². The average molecular weight is 353 g/mol. The quantitative estimate of drug-likeness (QED) is 0.815. The fraction of sp³-hybridized carbons (Fsp3) is 0.500. The van der Waals surface area contributed by atoms with Crippen molar-refractivity contribution in [2.24, 2.45) is 5.92 Å². The summed E-state index contributed by atoms with van der Waals surface area (Å²) < 4.78 is 1.04. The predicted octanol–water partition coefficient (Wildman–Crippen LogP) is 1.52. The number of nitrogens with one attached hydrogen (secondary N) is 2. The normalized spacial score (nSPS) is 15.1. The van der Waals surface area contributed by atoms with E-state index in [1.807, 2.05) is 45.2 Å². The van der Waals surface area contributed by atoms with Crippen LogP contribution in [0.15, 0.2) is 28.7 Å². The summed E-state index contributed by atoms with van der Waals surface area (Å²) in [6.45, 7) is 6.75. The molecule has 0 aromatic heterocycles. The highest BCUT2D eigenvalue weighted by Crippen LogP contribution is 2.14. The fourth-order valence-electron chi connectivity index (χ4n) is 1.92. The molecule has 2 atom stereocenters. The molecule has 1 unspecified atom stereocenters. The number of likely N-dealkylation sites (N-methyl/N-ethyl adjacent to an activating group) is 1. The van der Waals surface area contributed by atoms with Crippen LogP contribution in [0.4, 0.5) is 0 Å². The number of amides is 1. The minimum absolute atomic E-state index is 0.0678. The molecule has 0 heterocycles. The SMILES string of the molecule is CC(C)[C@@](C)(C#N)NC(=O)C[NH+](C)Cc1ccc(Br)cc1. The van der Waals surface area contributed by atoms with Gasteiger partial charge in [0.15, 0.2) is 6.54 Å².